The Morgan fingerprint density at radius 3 is 2.67 bits per heavy atom. The summed E-state index contributed by atoms with van der Waals surface area (Å²) in [5.41, 5.74) is 0.466. The number of carboxylic acid groups (broad SMARTS) is 1. The van der Waals surface area contributed by atoms with Crippen molar-refractivity contribution >= 4 is 17.6 Å². The Morgan fingerprint density at radius 2 is 2.10 bits per heavy atom. The zero-order valence-electron chi connectivity index (χ0n) is 11.5. The van der Waals surface area contributed by atoms with Gasteiger partial charge >= 0.3 is 5.97 Å². The molecular weight excluding hydrogens is 276 g/mol. The second-order valence-corrected chi connectivity index (χ2v) is 5.23. The van der Waals surface area contributed by atoms with Crippen molar-refractivity contribution in [1.82, 2.24) is 5.32 Å². The summed E-state index contributed by atoms with van der Waals surface area (Å²) >= 11 is 0. The number of benzene rings is 1. The van der Waals surface area contributed by atoms with Gasteiger partial charge in [0.2, 0.25) is 0 Å². The van der Waals surface area contributed by atoms with Crippen LogP contribution in [0.2, 0.25) is 0 Å². The van der Waals surface area contributed by atoms with Gasteiger partial charge in [-0.2, -0.15) is 0 Å². The standard InChI is InChI=1S/C14H16N2O5/c1-8-11(3-2-4-12(8)16(20)21)13(17)15-10-6-5-9(7-10)14(18)19/h2-4,9-10H,5-7H2,1H3,(H,15,17)(H,18,19)/t9-,10+/m1/s1. The smallest absolute Gasteiger partial charge is 0.306 e. The summed E-state index contributed by atoms with van der Waals surface area (Å²) < 4.78 is 0. The third-order valence-electron chi connectivity index (χ3n) is 3.86. The first kappa shape index (κ1) is 15.0. The highest BCUT2D eigenvalue weighted by Gasteiger charge is 2.31. The Kier molecular flexibility index (Phi) is 4.21. The lowest BCUT2D eigenvalue weighted by Crippen LogP contribution is -2.33. The summed E-state index contributed by atoms with van der Waals surface area (Å²) in [6.45, 7) is 1.53. The van der Waals surface area contributed by atoms with Crippen LogP contribution in [0.15, 0.2) is 18.2 Å². The monoisotopic (exact) mass is 292 g/mol. The lowest BCUT2D eigenvalue weighted by Gasteiger charge is -2.13. The number of carbonyl (C=O) groups excluding carboxylic acids is 1. The molecule has 0 unspecified atom stereocenters. The fourth-order valence-electron chi connectivity index (χ4n) is 2.67. The molecule has 1 saturated carbocycles. The Labute approximate surface area is 121 Å². The molecule has 0 bridgehead atoms. The van der Waals surface area contributed by atoms with Crippen molar-refractivity contribution in [3.05, 3.63) is 39.4 Å². The molecule has 0 aromatic heterocycles. The van der Waals surface area contributed by atoms with Crippen molar-refractivity contribution in [1.29, 1.82) is 0 Å². The normalized spacial score (nSPS) is 21.0. The van der Waals surface area contributed by atoms with E-state index in [9.17, 15) is 19.7 Å². The number of nitrogens with zero attached hydrogens (tertiary/aromatic N) is 1. The van der Waals surface area contributed by atoms with Crippen LogP contribution in [0.25, 0.3) is 0 Å². The van der Waals surface area contributed by atoms with E-state index >= 15 is 0 Å². The van der Waals surface area contributed by atoms with Crippen LogP contribution in [0, 0.1) is 23.0 Å². The Morgan fingerprint density at radius 1 is 1.38 bits per heavy atom. The van der Waals surface area contributed by atoms with Gasteiger partial charge in [0.15, 0.2) is 0 Å². The van der Waals surface area contributed by atoms with Crippen molar-refractivity contribution in [2.75, 3.05) is 0 Å². The van der Waals surface area contributed by atoms with Gasteiger partial charge in [0.1, 0.15) is 0 Å². The lowest BCUT2D eigenvalue weighted by atomic mass is 10.1. The van der Waals surface area contributed by atoms with Crippen molar-refractivity contribution in [2.24, 2.45) is 5.92 Å². The molecule has 0 radical (unpaired) electrons. The molecule has 2 N–H and O–H groups in total. The molecule has 21 heavy (non-hydrogen) atoms. The fourth-order valence-corrected chi connectivity index (χ4v) is 2.67. The summed E-state index contributed by atoms with van der Waals surface area (Å²) in [5, 5.41) is 22.6. The van der Waals surface area contributed by atoms with E-state index < -0.39 is 22.7 Å². The highest BCUT2D eigenvalue weighted by atomic mass is 16.6. The molecule has 0 spiro atoms. The number of aliphatic carboxylic acids is 1. The third kappa shape index (κ3) is 3.18. The number of hydrogen-bond donors (Lipinski definition) is 2. The van der Waals surface area contributed by atoms with Crippen LogP contribution in [0.5, 0.6) is 0 Å². The molecule has 1 aromatic carbocycles. The molecule has 1 aromatic rings. The topological polar surface area (TPSA) is 110 Å². The summed E-state index contributed by atoms with van der Waals surface area (Å²) in [6.07, 6.45) is 1.54. The Hall–Kier alpha value is -2.44. The van der Waals surface area contributed by atoms with Crippen molar-refractivity contribution < 1.29 is 19.6 Å². The maximum atomic E-state index is 12.2. The van der Waals surface area contributed by atoms with Crippen LogP contribution in [0.4, 0.5) is 5.69 Å². The van der Waals surface area contributed by atoms with Crippen LogP contribution < -0.4 is 5.32 Å². The summed E-state index contributed by atoms with van der Waals surface area (Å²) in [4.78, 5) is 33.4. The van der Waals surface area contributed by atoms with E-state index in [-0.39, 0.29) is 17.3 Å². The van der Waals surface area contributed by atoms with E-state index in [0.717, 1.165) is 0 Å². The molecule has 0 heterocycles. The van der Waals surface area contributed by atoms with Gasteiger partial charge in [-0.1, -0.05) is 6.07 Å². The summed E-state index contributed by atoms with van der Waals surface area (Å²) in [7, 11) is 0. The second kappa shape index (κ2) is 5.90. The first-order chi connectivity index (χ1) is 9.90. The first-order valence-electron chi connectivity index (χ1n) is 6.67. The molecule has 0 aliphatic heterocycles. The van der Waals surface area contributed by atoms with E-state index in [1.54, 1.807) is 0 Å². The molecule has 7 nitrogen and oxygen atoms in total. The third-order valence-corrected chi connectivity index (χ3v) is 3.86. The fraction of sp³-hybridized carbons (Fsp3) is 0.429. The van der Waals surface area contributed by atoms with Gasteiger partial charge in [-0.05, 0) is 32.3 Å². The van der Waals surface area contributed by atoms with Crippen molar-refractivity contribution in [2.45, 2.75) is 32.2 Å². The van der Waals surface area contributed by atoms with Crippen LogP contribution in [-0.2, 0) is 4.79 Å². The van der Waals surface area contributed by atoms with Gasteiger partial charge in [-0.3, -0.25) is 19.7 Å². The average Bonchev–Trinajstić information content (AvgIpc) is 2.87. The predicted molar refractivity (Wildman–Crippen MR) is 74.1 cm³/mol. The molecule has 1 aliphatic rings. The Bertz CT molecular complexity index is 599. The second-order valence-electron chi connectivity index (χ2n) is 5.23. The molecule has 2 atom stereocenters. The number of carbonyl (C=O) groups is 2. The molecule has 7 heteroatoms. The molecule has 1 amide bonds. The molecule has 0 saturated heterocycles. The lowest BCUT2D eigenvalue weighted by molar-refractivity contribution is -0.385. The quantitative estimate of drug-likeness (QED) is 0.650. The predicted octanol–water partition coefficient (Wildman–Crippen LogP) is 1.89. The van der Waals surface area contributed by atoms with Gasteiger partial charge in [0.25, 0.3) is 11.6 Å². The van der Waals surface area contributed by atoms with Gasteiger partial charge in [0.05, 0.1) is 10.8 Å². The largest absolute Gasteiger partial charge is 0.481 e. The molecular formula is C14H16N2O5. The highest BCUT2D eigenvalue weighted by molar-refractivity contribution is 5.96. The average molecular weight is 292 g/mol. The zero-order chi connectivity index (χ0) is 15.6. The van der Waals surface area contributed by atoms with Gasteiger partial charge in [-0.25, -0.2) is 0 Å². The highest BCUT2D eigenvalue weighted by Crippen LogP contribution is 2.27. The molecule has 2 rings (SSSR count). The van der Waals surface area contributed by atoms with Crippen LogP contribution in [-0.4, -0.2) is 27.9 Å². The number of nitrogens with one attached hydrogen (secondary N) is 1. The number of nitro benzene ring substituents is 1. The van der Waals surface area contributed by atoms with Crippen molar-refractivity contribution in [3.63, 3.8) is 0 Å². The Balaban J connectivity index is 2.10. The minimum atomic E-state index is -0.849. The van der Waals surface area contributed by atoms with Crippen molar-refractivity contribution in [3.8, 4) is 0 Å². The SMILES string of the molecule is Cc1c(C(=O)N[C@H]2CC[C@@H](C(=O)O)C2)cccc1[N+](=O)[O-]. The zero-order valence-corrected chi connectivity index (χ0v) is 11.5. The summed E-state index contributed by atoms with van der Waals surface area (Å²) in [5.74, 6) is -1.67. The van der Waals surface area contributed by atoms with E-state index in [2.05, 4.69) is 5.32 Å². The van der Waals surface area contributed by atoms with Gasteiger partial charge < -0.3 is 10.4 Å². The molecule has 112 valence electrons. The van der Waals surface area contributed by atoms with Crippen LogP contribution in [0.1, 0.15) is 35.2 Å². The van der Waals surface area contributed by atoms with Gasteiger partial charge in [-0.15, -0.1) is 0 Å². The minimum absolute atomic E-state index is 0.0996. The summed E-state index contributed by atoms with van der Waals surface area (Å²) in [6, 6.07) is 4.15. The van der Waals surface area contributed by atoms with Crippen LogP contribution >= 0.6 is 0 Å². The maximum absolute atomic E-state index is 12.2. The number of hydrogen-bond acceptors (Lipinski definition) is 4. The first-order valence-corrected chi connectivity index (χ1v) is 6.67. The van der Waals surface area contributed by atoms with Gasteiger partial charge in [0, 0.05) is 23.2 Å². The molecule has 1 aliphatic carbocycles. The number of amides is 1. The number of carboxylic acids is 1. The maximum Gasteiger partial charge on any atom is 0.306 e. The number of nitro groups is 1. The minimum Gasteiger partial charge on any atom is -0.481 e. The molecule has 1 fully saturated rings. The number of rotatable bonds is 4. The van der Waals surface area contributed by atoms with E-state index in [1.165, 1.54) is 25.1 Å². The van der Waals surface area contributed by atoms with Crippen LogP contribution in [0.3, 0.4) is 0 Å². The van der Waals surface area contributed by atoms with E-state index in [0.29, 0.717) is 24.8 Å². The van der Waals surface area contributed by atoms with E-state index in [4.69, 9.17) is 5.11 Å². The van der Waals surface area contributed by atoms with E-state index in [1.807, 2.05) is 0 Å².